The lowest BCUT2D eigenvalue weighted by Crippen LogP contribution is -2.40. The molecule has 1 saturated carbocycles. The third kappa shape index (κ3) is 8.37. The van der Waals surface area contributed by atoms with Crippen LogP contribution < -0.4 is 21.1 Å². The molecule has 0 aliphatic heterocycles. The summed E-state index contributed by atoms with van der Waals surface area (Å²) in [6.45, 7) is 4.19. The molecule has 3 N–H and O–H groups in total. The first-order chi connectivity index (χ1) is 20.6. The van der Waals surface area contributed by atoms with Crippen LogP contribution in [0.5, 0.6) is 5.75 Å². The van der Waals surface area contributed by atoms with E-state index in [2.05, 4.69) is 10.6 Å². The minimum atomic E-state index is -4.18. The summed E-state index contributed by atoms with van der Waals surface area (Å²) in [7, 11) is 0. The van der Waals surface area contributed by atoms with E-state index in [1.807, 2.05) is 50.3 Å². The quantitative estimate of drug-likeness (QED) is 0.285. The largest absolute Gasteiger partial charge is 0.507 e. The van der Waals surface area contributed by atoms with E-state index in [0.29, 0.717) is 24.0 Å². The molecular weight excluding hydrogens is 553 g/mol. The third-order valence-corrected chi connectivity index (χ3v) is 7.72. The van der Waals surface area contributed by atoms with Gasteiger partial charge in [0.05, 0.1) is 5.92 Å². The number of halogens is 3. The number of alkyl halides is 3. The number of carbonyl (C=O) groups excluding carboxylic acids is 2. The van der Waals surface area contributed by atoms with Crippen molar-refractivity contribution in [1.82, 2.24) is 10.6 Å². The molecule has 1 fully saturated rings. The summed E-state index contributed by atoms with van der Waals surface area (Å²) >= 11 is 0. The average Bonchev–Trinajstić information content (AvgIpc) is 3.00. The summed E-state index contributed by atoms with van der Waals surface area (Å²) in [4.78, 5) is 25.6. The number of allylic oxidation sites excluding steroid dienone is 2. The predicted molar refractivity (Wildman–Crippen MR) is 164 cm³/mol. The smallest absolute Gasteiger partial charge is 0.391 e. The molecular formula is C35H37F3N2O3. The molecule has 0 bridgehead atoms. The van der Waals surface area contributed by atoms with Gasteiger partial charge in [-0.3, -0.25) is 9.59 Å². The second-order valence-electron chi connectivity index (χ2n) is 10.8. The van der Waals surface area contributed by atoms with Crippen molar-refractivity contribution in [2.24, 2.45) is 5.92 Å². The molecule has 0 heterocycles. The molecule has 43 heavy (non-hydrogen) atoms. The Kier molecular flexibility index (Phi) is 10.5. The standard InChI is InChI=1S/C35H37F3N2O3/c1-3-5-8-26-20-28(21-32(41)31(26)7-4-2)25-9-6-10-27(19-25)33(42)39-22-23-11-13-24(14-12-23)34(43)40-30-17-15-29(16-18-30)35(36,37)38/h3,5-14,19-21,29-30,41H,4,15-18,22H2,1-2H3,(H,39,42)(H,40,43)/b5-3-,26-8-,31-7-. The summed E-state index contributed by atoms with van der Waals surface area (Å²) in [6, 6.07) is 17.4. The number of aromatic hydroxyl groups is 1. The number of hydrogen-bond acceptors (Lipinski definition) is 3. The van der Waals surface area contributed by atoms with E-state index in [1.165, 1.54) is 0 Å². The Morgan fingerprint density at radius 2 is 1.65 bits per heavy atom. The number of rotatable bonds is 8. The van der Waals surface area contributed by atoms with Crippen LogP contribution >= 0.6 is 0 Å². The molecule has 0 spiro atoms. The first-order valence-corrected chi connectivity index (χ1v) is 14.6. The van der Waals surface area contributed by atoms with Crippen LogP contribution in [0.3, 0.4) is 0 Å². The van der Waals surface area contributed by atoms with E-state index in [4.69, 9.17) is 0 Å². The summed E-state index contributed by atoms with van der Waals surface area (Å²) in [5.74, 6) is -1.70. The van der Waals surface area contributed by atoms with Gasteiger partial charge < -0.3 is 15.7 Å². The van der Waals surface area contributed by atoms with Crippen LogP contribution in [0.2, 0.25) is 0 Å². The van der Waals surface area contributed by atoms with Crippen LogP contribution in [-0.2, 0) is 6.54 Å². The highest BCUT2D eigenvalue weighted by Gasteiger charge is 2.41. The molecule has 3 aromatic rings. The van der Waals surface area contributed by atoms with Crippen LogP contribution in [0.4, 0.5) is 13.2 Å². The van der Waals surface area contributed by atoms with E-state index in [1.54, 1.807) is 48.5 Å². The molecule has 4 rings (SSSR count). The molecule has 0 radical (unpaired) electrons. The van der Waals surface area contributed by atoms with Gasteiger partial charge in [0.1, 0.15) is 5.75 Å². The second-order valence-corrected chi connectivity index (χ2v) is 10.8. The lowest BCUT2D eigenvalue weighted by Gasteiger charge is -2.30. The first kappa shape index (κ1) is 31.6. The molecule has 1 aliphatic rings. The van der Waals surface area contributed by atoms with Crippen molar-refractivity contribution in [3.8, 4) is 16.9 Å². The molecule has 3 aromatic carbocycles. The number of amides is 2. The Labute approximate surface area is 249 Å². The number of phenolic OH excluding ortho intramolecular Hbond substituents is 1. The van der Waals surface area contributed by atoms with Gasteiger partial charge in [0.25, 0.3) is 11.8 Å². The first-order valence-electron chi connectivity index (χ1n) is 14.6. The SMILES string of the molecule is C\C=C/C=c1/cc(-c2cccc(C(=O)NCc3ccc(C(=O)NC4CCC(C(F)(F)F)CC4)cc3)c2)cc(O)/c1=C\CC. The summed E-state index contributed by atoms with van der Waals surface area (Å²) in [5, 5.41) is 18.1. The number of phenols is 1. The normalized spacial score (nSPS) is 18.2. The monoisotopic (exact) mass is 590 g/mol. The van der Waals surface area contributed by atoms with Gasteiger partial charge in [-0.15, -0.1) is 0 Å². The van der Waals surface area contributed by atoms with Crippen LogP contribution in [0.15, 0.2) is 72.8 Å². The minimum absolute atomic E-state index is 0.0264. The van der Waals surface area contributed by atoms with Crippen molar-refractivity contribution in [2.75, 3.05) is 0 Å². The number of hydrogen-bond donors (Lipinski definition) is 3. The zero-order chi connectivity index (χ0) is 31.0. The highest BCUT2D eigenvalue weighted by molar-refractivity contribution is 5.96. The number of carbonyl (C=O) groups is 2. The molecule has 1 aliphatic carbocycles. The van der Waals surface area contributed by atoms with Crippen molar-refractivity contribution >= 4 is 24.0 Å². The van der Waals surface area contributed by atoms with Gasteiger partial charge in [-0.2, -0.15) is 13.2 Å². The Balaban J connectivity index is 1.37. The second kappa shape index (κ2) is 14.2. The van der Waals surface area contributed by atoms with Gasteiger partial charge >= 0.3 is 6.18 Å². The fraction of sp³-hybridized carbons (Fsp3) is 0.314. The Hall–Kier alpha value is -4.33. The molecule has 0 aromatic heterocycles. The molecule has 0 unspecified atom stereocenters. The van der Waals surface area contributed by atoms with Crippen molar-refractivity contribution in [2.45, 2.75) is 64.7 Å². The van der Waals surface area contributed by atoms with Gasteiger partial charge in [0.2, 0.25) is 0 Å². The average molecular weight is 591 g/mol. The molecule has 2 amide bonds. The van der Waals surface area contributed by atoms with E-state index in [0.717, 1.165) is 33.5 Å². The number of nitrogens with one attached hydrogen (secondary N) is 2. The molecule has 8 heteroatoms. The zero-order valence-electron chi connectivity index (χ0n) is 24.4. The van der Waals surface area contributed by atoms with E-state index in [9.17, 15) is 27.9 Å². The maximum atomic E-state index is 13.0. The van der Waals surface area contributed by atoms with Gasteiger partial charge in [0, 0.05) is 28.9 Å². The van der Waals surface area contributed by atoms with Crippen molar-refractivity contribution in [3.63, 3.8) is 0 Å². The van der Waals surface area contributed by atoms with E-state index in [-0.39, 0.29) is 43.0 Å². The Bertz CT molecular complexity index is 1590. The zero-order valence-corrected chi connectivity index (χ0v) is 24.4. The fourth-order valence-electron chi connectivity index (χ4n) is 5.32. The van der Waals surface area contributed by atoms with Crippen molar-refractivity contribution in [3.05, 3.63) is 99.9 Å². The lowest BCUT2D eigenvalue weighted by atomic mass is 9.85. The fourth-order valence-corrected chi connectivity index (χ4v) is 5.32. The van der Waals surface area contributed by atoms with Crippen LogP contribution in [0.25, 0.3) is 23.3 Å². The van der Waals surface area contributed by atoms with Gasteiger partial charge in [-0.25, -0.2) is 0 Å². The third-order valence-electron chi connectivity index (χ3n) is 7.72. The summed E-state index contributed by atoms with van der Waals surface area (Å²) in [5.41, 5.74) is 3.26. The lowest BCUT2D eigenvalue weighted by molar-refractivity contribution is -0.182. The number of benzene rings is 3. The predicted octanol–water partition coefficient (Wildman–Crippen LogP) is 6.39. The van der Waals surface area contributed by atoms with Crippen LogP contribution in [0.1, 0.15) is 72.2 Å². The van der Waals surface area contributed by atoms with Crippen LogP contribution in [-0.4, -0.2) is 29.1 Å². The molecule has 5 nitrogen and oxygen atoms in total. The van der Waals surface area contributed by atoms with E-state index < -0.39 is 12.1 Å². The van der Waals surface area contributed by atoms with Crippen LogP contribution in [0, 0.1) is 5.92 Å². The highest BCUT2D eigenvalue weighted by Crippen LogP contribution is 2.37. The van der Waals surface area contributed by atoms with Gasteiger partial charge in [-0.1, -0.05) is 55.5 Å². The Morgan fingerprint density at radius 1 is 0.930 bits per heavy atom. The molecule has 0 atom stereocenters. The van der Waals surface area contributed by atoms with Crippen molar-refractivity contribution < 1.29 is 27.9 Å². The van der Waals surface area contributed by atoms with Crippen molar-refractivity contribution in [1.29, 1.82) is 0 Å². The molecule has 226 valence electrons. The van der Waals surface area contributed by atoms with Gasteiger partial charge in [-0.05, 0) is 97.3 Å². The summed E-state index contributed by atoms with van der Waals surface area (Å²) < 4.78 is 38.7. The minimum Gasteiger partial charge on any atom is -0.507 e. The molecule has 0 saturated heterocycles. The maximum absolute atomic E-state index is 13.0. The van der Waals surface area contributed by atoms with E-state index >= 15 is 0 Å². The van der Waals surface area contributed by atoms with Gasteiger partial charge in [0.15, 0.2) is 0 Å². The Morgan fingerprint density at radius 3 is 2.30 bits per heavy atom. The highest BCUT2D eigenvalue weighted by atomic mass is 19.4. The topological polar surface area (TPSA) is 78.4 Å². The summed E-state index contributed by atoms with van der Waals surface area (Å²) in [6.07, 6.45) is 5.02. The maximum Gasteiger partial charge on any atom is 0.391 e.